The first-order valence-electron chi connectivity index (χ1n) is 8.51. The van der Waals surface area contributed by atoms with E-state index < -0.39 is 15.6 Å². The van der Waals surface area contributed by atoms with Gasteiger partial charge in [-0.2, -0.15) is 4.31 Å². The molecule has 1 aromatic carbocycles. The molecule has 0 aromatic heterocycles. The summed E-state index contributed by atoms with van der Waals surface area (Å²) in [5, 5.41) is 3.92. The largest absolute Gasteiger partial charge is 0.313 e. The van der Waals surface area contributed by atoms with E-state index in [0.29, 0.717) is 28.9 Å². The molecule has 24 heavy (non-hydrogen) atoms. The summed E-state index contributed by atoms with van der Waals surface area (Å²) in [7, 11) is -3.51. The number of likely N-dealkylation sites (N-methyl/N-ethyl adjacent to an activating group) is 1. The first kappa shape index (κ1) is 17.9. The van der Waals surface area contributed by atoms with Crippen molar-refractivity contribution in [1.82, 2.24) is 9.62 Å². The first-order chi connectivity index (χ1) is 11.3. The number of rotatable bonds is 6. The van der Waals surface area contributed by atoms with E-state index in [1.165, 1.54) is 0 Å². The van der Waals surface area contributed by atoms with Crippen LogP contribution in [-0.4, -0.2) is 37.9 Å². The van der Waals surface area contributed by atoms with Gasteiger partial charge in [-0.15, -0.1) is 0 Å². The molecule has 1 fully saturated rings. The van der Waals surface area contributed by atoms with Crippen LogP contribution < -0.4 is 5.32 Å². The summed E-state index contributed by atoms with van der Waals surface area (Å²) < 4.78 is 28.4. The zero-order valence-electron chi connectivity index (χ0n) is 14.5. The van der Waals surface area contributed by atoms with Crippen molar-refractivity contribution >= 4 is 26.5 Å². The molecular weight excluding hydrogens is 344 g/mol. The van der Waals surface area contributed by atoms with E-state index in [0.717, 1.165) is 30.5 Å². The second kappa shape index (κ2) is 6.45. The predicted octanol–water partition coefficient (Wildman–Crippen LogP) is 3.49. The highest BCUT2D eigenvalue weighted by Crippen LogP contribution is 2.47. The molecule has 0 atom stereocenters. The van der Waals surface area contributed by atoms with Crippen LogP contribution in [0.15, 0.2) is 29.8 Å². The topological polar surface area (TPSA) is 49.4 Å². The van der Waals surface area contributed by atoms with Crippen LogP contribution in [0.25, 0.3) is 4.91 Å². The fraction of sp³-hybridized carbons (Fsp3) is 0.556. The zero-order chi connectivity index (χ0) is 17.5. The predicted molar refractivity (Wildman–Crippen MR) is 99.3 cm³/mol. The van der Waals surface area contributed by atoms with Gasteiger partial charge in [-0.05, 0) is 62.4 Å². The molecule has 0 radical (unpaired) electrons. The third-order valence-electron chi connectivity index (χ3n) is 4.96. The monoisotopic (exact) mass is 368 g/mol. The number of sulfonamides is 1. The van der Waals surface area contributed by atoms with Gasteiger partial charge in [0.1, 0.15) is 0 Å². The average molecular weight is 369 g/mol. The average Bonchev–Trinajstić information content (AvgIpc) is 3.31. The van der Waals surface area contributed by atoms with Crippen LogP contribution in [-0.2, 0) is 10.0 Å². The Balaban J connectivity index is 2.11. The van der Waals surface area contributed by atoms with Gasteiger partial charge in [-0.1, -0.05) is 30.7 Å². The Labute approximate surface area is 149 Å². The Morgan fingerprint density at radius 2 is 1.88 bits per heavy atom. The molecule has 0 spiro atoms. The minimum absolute atomic E-state index is 0.450. The lowest BCUT2D eigenvalue weighted by Crippen LogP contribution is -2.45. The minimum Gasteiger partial charge on any atom is -0.313 e. The molecule has 1 aliphatic heterocycles. The van der Waals surface area contributed by atoms with E-state index in [1.807, 2.05) is 20.8 Å². The maximum Gasteiger partial charge on any atom is 0.244 e. The molecule has 1 aliphatic carbocycles. The molecule has 6 heteroatoms. The molecule has 0 saturated heterocycles. The van der Waals surface area contributed by atoms with Crippen molar-refractivity contribution < 1.29 is 8.42 Å². The summed E-state index contributed by atoms with van der Waals surface area (Å²) in [6, 6.07) is 7.11. The molecule has 1 aromatic rings. The zero-order valence-corrected chi connectivity index (χ0v) is 16.0. The molecule has 0 unspecified atom stereocenters. The fourth-order valence-electron chi connectivity index (χ4n) is 3.33. The molecule has 0 bridgehead atoms. The quantitative estimate of drug-likeness (QED) is 0.836. The van der Waals surface area contributed by atoms with Gasteiger partial charge in [0.15, 0.2) is 0 Å². The minimum atomic E-state index is -3.51. The number of nitrogens with one attached hydrogen (secondary N) is 1. The molecule has 3 rings (SSSR count). The first-order valence-corrected chi connectivity index (χ1v) is 10.3. The van der Waals surface area contributed by atoms with Crippen molar-refractivity contribution in [3.8, 4) is 0 Å². The van der Waals surface area contributed by atoms with E-state index in [-0.39, 0.29) is 0 Å². The van der Waals surface area contributed by atoms with Crippen molar-refractivity contribution in [2.75, 3.05) is 19.6 Å². The molecular formula is C18H25ClN2O2S. The number of hydrogen-bond acceptors (Lipinski definition) is 3. The highest BCUT2D eigenvalue weighted by molar-refractivity contribution is 7.98. The Morgan fingerprint density at radius 1 is 1.25 bits per heavy atom. The van der Waals surface area contributed by atoms with Gasteiger partial charge < -0.3 is 5.32 Å². The van der Waals surface area contributed by atoms with E-state index >= 15 is 0 Å². The van der Waals surface area contributed by atoms with E-state index in [1.54, 1.807) is 28.6 Å². The van der Waals surface area contributed by atoms with E-state index in [4.69, 9.17) is 11.6 Å². The summed E-state index contributed by atoms with van der Waals surface area (Å²) in [5.74, 6) is 0.504. The molecule has 132 valence electrons. The normalized spacial score (nSPS) is 23.0. The van der Waals surface area contributed by atoms with Crippen molar-refractivity contribution in [3.05, 3.63) is 40.4 Å². The van der Waals surface area contributed by atoms with Crippen LogP contribution >= 0.6 is 11.6 Å². The van der Waals surface area contributed by atoms with Gasteiger partial charge in [0.25, 0.3) is 0 Å². The Hall–Kier alpha value is -0.880. The number of hydrogen-bond donors (Lipinski definition) is 1. The fourth-order valence-corrected chi connectivity index (χ4v) is 5.86. The highest BCUT2D eigenvalue weighted by Gasteiger charge is 2.51. The third-order valence-corrected chi connectivity index (χ3v) is 7.40. The standard InChI is InChI=1S/C18H25ClN2O2S/c1-4-20-11-16-17(14-7-9-15(19)10-8-14)24(22,23)21(18(16,2)3)12-13-5-6-13/h7-10,13,20H,4-6,11-12H2,1-3H3. The van der Waals surface area contributed by atoms with Crippen LogP contribution in [0.3, 0.4) is 0 Å². The van der Waals surface area contributed by atoms with Gasteiger partial charge in [0.2, 0.25) is 10.0 Å². The highest BCUT2D eigenvalue weighted by atomic mass is 35.5. The molecule has 1 N–H and O–H groups in total. The smallest absolute Gasteiger partial charge is 0.244 e. The van der Waals surface area contributed by atoms with Crippen molar-refractivity contribution in [2.45, 2.75) is 39.2 Å². The maximum atomic E-state index is 13.3. The van der Waals surface area contributed by atoms with Gasteiger partial charge in [0.05, 0.1) is 10.4 Å². The molecule has 1 heterocycles. The van der Waals surface area contributed by atoms with Gasteiger partial charge in [0, 0.05) is 18.1 Å². The van der Waals surface area contributed by atoms with Crippen molar-refractivity contribution in [2.24, 2.45) is 5.92 Å². The number of benzene rings is 1. The summed E-state index contributed by atoms with van der Waals surface area (Å²) in [6.07, 6.45) is 2.25. The molecule has 4 nitrogen and oxygen atoms in total. The maximum absolute atomic E-state index is 13.3. The van der Waals surface area contributed by atoms with Crippen LogP contribution in [0, 0.1) is 5.92 Å². The SMILES string of the molecule is CCNCC1=C(c2ccc(Cl)cc2)S(=O)(=O)N(CC2CC2)C1(C)C. The lowest BCUT2D eigenvalue weighted by atomic mass is 9.91. The summed E-state index contributed by atoms with van der Waals surface area (Å²) in [5.41, 5.74) is 1.14. The number of nitrogens with zero attached hydrogens (tertiary/aromatic N) is 1. The molecule has 2 aliphatic rings. The lowest BCUT2D eigenvalue weighted by Gasteiger charge is -2.32. The van der Waals surface area contributed by atoms with Gasteiger partial charge in [-0.25, -0.2) is 8.42 Å². The third kappa shape index (κ3) is 3.15. The van der Waals surface area contributed by atoms with Crippen LogP contribution in [0.1, 0.15) is 39.2 Å². The summed E-state index contributed by atoms with van der Waals surface area (Å²) in [4.78, 5) is 0.450. The Bertz CT molecular complexity index is 750. The Morgan fingerprint density at radius 3 is 2.42 bits per heavy atom. The van der Waals surface area contributed by atoms with E-state index in [2.05, 4.69) is 5.32 Å². The number of halogens is 1. The van der Waals surface area contributed by atoms with Crippen LogP contribution in [0.5, 0.6) is 0 Å². The Kier molecular flexibility index (Phi) is 4.82. The van der Waals surface area contributed by atoms with Crippen LogP contribution in [0.4, 0.5) is 0 Å². The van der Waals surface area contributed by atoms with E-state index in [9.17, 15) is 8.42 Å². The molecule has 0 amide bonds. The van der Waals surface area contributed by atoms with Gasteiger partial charge >= 0.3 is 0 Å². The molecule has 1 saturated carbocycles. The van der Waals surface area contributed by atoms with Crippen molar-refractivity contribution in [1.29, 1.82) is 0 Å². The summed E-state index contributed by atoms with van der Waals surface area (Å²) in [6.45, 7) is 8.05. The lowest BCUT2D eigenvalue weighted by molar-refractivity contribution is 0.268. The van der Waals surface area contributed by atoms with Gasteiger partial charge in [-0.3, -0.25) is 0 Å². The summed E-state index contributed by atoms with van der Waals surface area (Å²) >= 11 is 5.98. The second-order valence-electron chi connectivity index (χ2n) is 7.13. The van der Waals surface area contributed by atoms with Crippen LogP contribution in [0.2, 0.25) is 5.02 Å². The second-order valence-corrected chi connectivity index (χ2v) is 9.37. The van der Waals surface area contributed by atoms with Crippen molar-refractivity contribution in [3.63, 3.8) is 0 Å².